The van der Waals surface area contributed by atoms with Crippen molar-refractivity contribution in [3.63, 3.8) is 0 Å². The Bertz CT molecular complexity index is 762. The predicted molar refractivity (Wildman–Crippen MR) is 97.6 cm³/mol. The molecule has 0 saturated carbocycles. The molecule has 0 spiro atoms. The maximum atomic E-state index is 12.5. The Kier molecular flexibility index (Phi) is 6.00. The second-order valence-corrected chi connectivity index (χ2v) is 5.44. The van der Waals surface area contributed by atoms with Crippen LogP contribution in [-0.2, 0) is 4.79 Å². The SMILES string of the molecule is CCC(=O)Nc1cccc(NC(=O)c2cc(OC)c(C)c(OC)c2)c1. The van der Waals surface area contributed by atoms with Gasteiger partial charge in [0.15, 0.2) is 0 Å². The lowest BCUT2D eigenvalue weighted by atomic mass is 10.1. The van der Waals surface area contributed by atoms with Gasteiger partial charge in [0.2, 0.25) is 5.91 Å². The second kappa shape index (κ2) is 8.19. The first-order chi connectivity index (χ1) is 12.0. The molecule has 2 rings (SSSR count). The van der Waals surface area contributed by atoms with Crippen LogP contribution in [0.4, 0.5) is 11.4 Å². The summed E-state index contributed by atoms with van der Waals surface area (Å²) in [7, 11) is 3.09. The number of hydrogen-bond donors (Lipinski definition) is 2. The van der Waals surface area contributed by atoms with Gasteiger partial charge in [-0.25, -0.2) is 0 Å². The molecule has 132 valence electrons. The Hall–Kier alpha value is -3.02. The van der Waals surface area contributed by atoms with Crippen LogP contribution >= 0.6 is 0 Å². The monoisotopic (exact) mass is 342 g/mol. The zero-order valence-corrected chi connectivity index (χ0v) is 14.8. The van der Waals surface area contributed by atoms with Crippen molar-refractivity contribution in [3.05, 3.63) is 47.5 Å². The molecule has 6 nitrogen and oxygen atoms in total. The van der Waals surface area contributed by atoms with Crippen LogP contribution in [0, 0.1) is 6.92 Å². The first-order valence-electron chi connectivity index (χ1n) is 7.92. The van der Waals surface area contributed by atoms with Gasteiger partial charge < -0.3 is 20.1 Å². The summed E-state index contributed by atoms with van der Waals surface area (Å²) in [5.41, 5.74) is 2.45. The van der Waals surface area contributed by atoms with Crippen molar-refractivity contribution in [1.29, 1.82) is 0 Å². The number of methoxy groups -OCH3 is 2. The minimum atomic E-state index is -0.296. The smallest absolute Gasteiger partial charge is 0.255 e. The van der Waals surface area contributed by atoms with Crippen molar-refractivity contribution in [3.8, 4) is 11.5 Å². The van der Waals surface area contributed by atoms with Crippen molar-refractivity contribution >= 4 is 23.2 Å². The molecule has 2 aromatic rings. The standard InChI is InChI=1S/C19H22N2O4/c1-5-18(22)20-14-7-6-8-15(11-14)21-19(23)13-9-16(24-3)12(2)17(10-13)25-4/h6-11H,5H2,1-4H3,(H,20,22)(H,21,23). The molecule has 0 fully saturated rings. The lowest BCUT2D eigenvalue weighted by Gasteiger charge is -2.13. The number of carbonyl (C=O) groups is 2. The minimum Gasteiger partial charge on any atom is -0.496 e. The molecule has 0 aliphatic heterocycles. The summed E-state index contributed by atoms with van der Waals surface area (Å²) in [6.07, 6.45) is 0.388. The minimum absolute atomic E-state index is 0.0866. The third-order valence-electron chi connectivity index (χ3n) is 3.74. The summed E-state index contributed by atoms with van der Waals surface area (Å²) >= 11 is 0. The lowest BCUT2D eigenvalue weighted by molar-refractivity contribution is -0.115. The molecular weight excluding hydrogens is 320 g/mol. The van der Waals surface area contributed by atoms with E-state index in [-0.39, 0.29) is 11.8 Å². The molecule has 0 aromatic heterocycles. The fourth-order valence-electron chi connectivity index (χ4n) is 2.34. The molecule has 6 heteroatoms. The Morgan fingerprint density at radius 1 is 0.960 bits per heavy atom. The summed E-state index contributed by atoms with van der Waals surface area (Å²) in [6, 6.07) is 10.3. The van der Waals surface area contributed by atoms with Crippen molar-refractivity contribution in [2.45, 2.75) is 20.3 Å². The summed E-state index contributed by atoms with van der Waals surface area (Å²) in [5.74, 6) is 0.772. The number of carbonyl (C=O) groups excluding carboxylic acids is 2. The molecule has 0 aliphatic carbocycles. The van der Waals surface area contributed by atoms with E-state index in [1.54, 1.807) is 57.5 Å². The molecule has 0 atom stereocenters. The average molecular weight is 342 g/mol. The third-order valence-corrected chi connectivity index (χ3v) is 3.74. The highest BCUT2D eigenvalue weighted by atomic mass is 16.5. The summed E-state index contributed by atoms with van der Waals surface area (Å²) in [6.45, 7) is 3.64. The number of benzene rings is 2. The molecule has 2 aromatic carbocycles. The molecule has 0 radical (unpaired) electrons. The van der Waals surface area contributed by atoms with Crippen LogP contribution in [0.1, 0.15) is 29.3 Å². The molecule has 2 amide bonds. The molecule has 0 saturated heterocycles. The lowest BCUT2D eigenvalue weighted by Crippen LogP contribution is -2.13. The number of rotatable bonds is 6. The van der Waals surface area contributed by atoms with Gasteiger partial charge in [0.05, 0.1) is 14.2 Å². The van der Waals surface area contributed by atoms with Gasteiger partial charge in [0, 0.05) is 28.9 Å². The second-order valence-electron chi connectivity index (χ2n) is 5.44. The van der Waals surface area contributed by atoms with Crippen LogP contribution in [0.5, 0.6) is 11.5 Å². The van der Waals surface area contributed by atoms with Gasteiger partial charge in [0.25, 0.3) is 5.91 Å². The zero-order valence-electron chi connectivity index (χ0n) is 14.8. The van der Waals surface area contributed by atoms with Gasteiger partial charge >= 0.3 is 0 Å². The van der Waals surface area contributed by atoms with Gasteiger partial charge in [-0.1, -0.05) is 13.0 Å². The van der Waals surface area contributed by atoms with Crippen LogP contribution in [0.2, 0.25) is 0 Å². The number of nitrogens with one attached hydrogen (secondary N) is 2. The fraction of sp³-hybridized carbons (Fsp3) is 0.263. The molecule has 0 bridgehead atoms. The molecule has 0 aliphatic rings. The van der Waals surface area contributed by atoms with E-state index in [1.165, 1.54) is 0 Å². The Labute approximate surface area is 147 Å². The van der Waals surface area contributed by atoms with Gasteiger partial charge in [0.1, 0.15) is 11.5 Å². The Morgan fingerprint density at radius 2 is 1.52 bits per heavy atom. The quantitative estimate of drug-likeness (QED) is 0.841. The van der Waals surface area contributed by atoms with Crippen LogP contribution < -0.4 is 20.1 Å². The van der Waals surface area contributed by atoms with E-state index in [2.05, 4.69) is 10.6 Å². The van der Waals surface area contributed by atoms with Crippen molar-refractivity contribution in [2.24, 2.45) is 0 Å². The fourth-order valence-corrected chi connectivity index (χ4v) is 2.34. The van der Waals surface area contributed by atoms with Gasteiger partial charge in [-0.05, 0) is 37.3 Å². The van der Waals surface area contributed by atoms with E-state index in [9.17, 15) is 9.59 Å². The van der Waals surface area contributed by atoms with E-state index in [0.717, 1.165) is 5.56 Å². The highest BCUT2D eigenvalue weighted by Crippen LogP contribution is 2.30. The van der Waals surface area contributed by atoms with Crippen molar-refractivity contribution in [2.75, 3.05) is 24.9 Å². The zero-order chi connectivity index (χ0) is 18.4. The molecule has 25 heavy (non-hydrogen) atoms. The molecule has 0 heterocycles. The Morgan fingerprint density at radius 3 is 2.04 bits per heavy atom. The van der Waals surface area contributed by atoms with E-state index in [1.807, 2.05) is 6.92 Å². The maximum absolute atomic E-state index is 12.5. The highest BCUT2D eigenvalue weighted by molar-refractivity contribution is 6.05. The van der Waals surface area contributed by atoms with Crippen LogP contribution in [0.15, 0.2) is 36.4 Å². The van der Waals surface area contributed by atoms with Gasteiger partial charge in [-0.2, -0.15) is 0 Å². The number of ether oxygens (including phenoxy) is 2. The molecule has 2 N–H and O–H groups in total. The summed E-state index contributed by atoms with van der Waals surface area (Å²) in [5, 5.41) is 5.57. The third kappa shape index (κ3) is 4.50. The first kappa shape index (κ1) is 18.3. The topological polar surface area (TPSA) is 76.7 Å². The molecular formula is C19H22N2O4. The van der Waals surface area contributed by atoms with Crippen LogP contribution in [0.3, 0.4) is 0 Å². The van der Waals surface area contributed by atoms with Gasteiger partial charge in [-0.3, -0.25) is 9.59 Å². The number of amides is 2. The largest absolute Gasteiger partial charge is 0.496 e. The predicted octanol–water partition coefficient (Wildman–Crippen LogP) is 3.61. The summed E-state index contributed by atoms with van der Waals surface area (Å²) < 4.78 is 10.6. The van der Waals surface area contributed by atoms with Crippen molar-refractivity contribution in [1.82, 2.24) is 0 Å². The Balaban J connectivity index is 2.22. The van der Waals surface area contributed by atoms with E-state index in [0.29, 0.717) is 34.9 Å². The van der Waals surface area contributed by atoms with Crippen molar-refractivity contribution < 1.29 is 19.1 Å². The number of hydrogen-bond acceptors (Lipinski definition) is 4. The van der Waals surface area contributed by atoms with Crippen LogP contribution in [0.25, 0.3) is 0 Å². The van der Waals surface area contributed by atoms with E-state index < -0.39 is 0 Å². The molecule has 0 unspecified atom stereocenters. The van der Waals surface area contributed by atoms with Gasteiger partial charge in [-0.15, -0.1) is 0 Å². The van der Waals surface area contributed by atoms with Crippen LogP contribution in [-0.4, -0.2) is 26.0 Å². The normalized spacial score (nSPS) is 10.1. The summed E-state index contributed by atoms with van der Waals surface area (Å²) in [4.78, 5) is 24.0. The van der Waals surface area contributed by atoms with E-state index in [4.69, 9.17) is 9.47 Å². The average Bonchev–Trinajstić information content (AvgIpc) is 2.62. The number of anilines is 2. The van der Waals surface area contributed by atoms with E-state index >= 15 is 0 Å². The highest BCUT2D eigenvalue weighted by Gasteiger charge is 2.14. The first-order valence-corrected chi connectivity index (χ1v) is 7.92. The maximum Gasteiger partial charge on any atom is 0.255 e.